The van der Waals surface area contributed by atoms with Crippen LogP contribution in [0.25, 0.3) is 0 Å². The maximum atomic E-state index is 5.83. The fraction of sp³-hybridized carbons (Fsp3) is 0.333. The molecular formula is C9H9Cl2N5S. The predicted octanol–water partition coefficient (Wildman–Crippen LogP) is 2.85. The molecule has 0 aliphatic rings. The Morgan fingerprint density at radius 1 is 1.41 bits per heavy atom. The lowest BCUT2D eigenvalue weighted by molar-refractivity contribution is 0.789. The van der Waals surface area contributed by atoms with Crippen molar-refractivity contribution in [3.05, 3.63) is 27.0 Å². The summed E-state index contributed by atoms with van der Waals surface area (Å²) < 4.78 is 0. The molecule has 0 aliphatic heterocycles. The Balaban J connectivity index is 2.00. The van der Waals surface area contributed by atoms with E-state index in [-0.39, 0.29) is 16.4 Å². The smallest absolute Gasteiger partial charge is 0.245 e. The van der Waals surface area contributed by atoms with E-state index >= 15 is 0 Å². The molecule has 0 aliphatic carbocycles. The summed E-state index contributed by atoms with van der Waals surface area (Å²) in [6.07, 6.45) is 1.78. The number of anilines is 1. The largest absolute Gasteiger partial charge is 0.367 e. The van der Waals surface area contributed by atoms with Crippen LogP contribution in [0, 0.1) is 0 Å². The van der Waals surface area contributed by atoms with Gasteiger partial charge in [0.05, 0.1) is 5.01 Å². The lowest BCUT2D eigenvalue weighted by Crippen LogP contribution is -2.11. The molecule has 8 heteroatoms. The summed E-state index contributed by atoms with van der Waals surface area (Å²) in [7, 11) is 0. The molecule has 17 heavy (non-hydrogen) atoms. The maximum Gasteiger partial charge on any atom is 0.245 e. The van der Waals surface area contributed by atoms with E-state index in [9.17, 15) is 0 Å². The molecule has 1 unspecified atom stereocenters. The second-order valence-corrected chi connectivity index (χ2v) is 4.99. The minimum Gasteiger partial charge on any atom is -0.367 e. The van der Waals surface area contributed by atoms with Crippen molar-refractivity contribution < 1.29 is 0 Å². The normalized spacial score (nSPS) is 12.4. The van der Waals surface area contributed by atoms with Crippen LogP contribution >= 0.6 is 34.5 Å². The molecule has 2 aromatic heterocycles. The highest BCUT2D eigenvalue weighted by Crippen LogP contribution is 2.21. The first-order valence-electron chi connectivity index (χ1n) is 4.86. The Morgan fingerprint density at radius 2 is 2.24 bits per heavy atom. The number of thiazole rings is 1. The number of nitrogens with zero attached hydrogens (tertiary/aromatic N) is 4. The van der Waals surface area contributed by atoms with E-state index in [4.69, 9.17) is 23.2 Å². The Hall–Kier alpha value is -0.980. The quantitative estimate of drug-likeness (QED) is 0.938. The standard InChI is InChI=1S/C9H9Cl2N5S/c1-5(8-12-2-3-17-8)4-13-7-6(10)15-16-9(11)14-7/h2-3,5H,4H2,1H3,(H,13,14,16). The number of nitrogens with one attached hydrogen (secondary N) is 1. The van der Waals surface area contributed by atoms with Crippen LogP contribution in [0.3, 0.4) is 0 Å². The van der Waals surface area contributed by atoms with Crippen LogP contribution in [0.2, 0.25) is 10.4 Å². The van der Waals surface area contributed by atoms with Gasteiger partial charge in [0.25, 0.3) is 0 Å². The molecule has 0 aromatic carbocycles. The Morgan fingerprint density at radius 3 is 2.94 bits per heavy atom. The summed E-state index contributed by atoms with van der Waals surface area (Å²) in [5, 5.41) is 13.6. The van der Waals surface area contributed by atoms with Crippen LogP contribution in [0.5, 0.6) is 0 Å². The molecule has 2 heterocycles. The lowest BCUT2D eigenvalue weighted by atomic mass is 10.2. The third kappa shape index (κ3) is 3.24. The zero-order valence-corrected chi connectivity index (χ0v) is 11.2. The monoisotopic (exact) mass is 289 g/mol. The van der Waals surface area contributed by atoms with E-state index in [0.717, 1.165) is 5.01 Å². The van der Waals surface area contributed by atoms with Gasteiger partial charge in [-0.2, -0.15) is 4.98 Å². The van der Waals surface area contributed by atoms with E-state index in [2.05, 4.69) is 32.4 Å². The van der Waals surface area contributed by atoms with Crippen molar-refractivity contribution in [1.29, 1.82) is 0 Å². The van der Waals surface area contributed by atoms with E-state index in [1.165, 1.54) is 0 Å². The van der Waals surface area contributed by atoms with Crippen molar-refractivity contribution in [2.45, 2.75) is 12.8 Å². The maximum absolute atomic E-state index is 5.83. The van der Waals surface area contributed by atoms with Gasteiger partial charge >= 0.3 is 0 Å². The Kier molecular flexibility index (Phi) is 4.09. The van der Waals surface area contributed by atoms with E-state index in [1.54, 1.807) is 17.5 Å². The van der Waals surface area contributed by atoms with Crippen molar-refractivity contribution in [2.75, 3.05) is 11.9 Å². The molecule has 0 radical (unpaired) electrons. The summed E-state index contributed by atoms with van der Waals surface area (Å²) >= 11 is 13.1. The number of hydrogen-bond donors (Lipinski definition) is 1. The molecule has 0 saturated heterocycles. The molecule has 5 nitrogen and oxygen atoms in total. The highest BCUT2D eigenvalue weighted by atomic mass is 35.5. The van der Waals surface area contributed by atoms with Gasteiger partial charge in [-0.25, -0.2) is 4.98 Å². The van der Waals surface area contributed by atoms with Gasteiger partial charge in [0, 0.05) is 24.0 Å². The fourth-order valence-electron chi connectivity index (χ4n) is 1.22. The zero-order valence-electron chi connectivity index (χ0n) is 8.89. The first kappa shape index (κ1) is 12.5. The topological polar surface area (TPSA) is 63.6 Å². The van der Waals surface area contributed by atoms with Gasteiger partial charge in [0.15, 0.2) is 11.0 Å². The van der Waals surface area contributed by atoms with Gasteiger partial charge < -0.3 is 5.32 Å². The first-order chi connectivity index (χ1) is 8.16. The van der Waals surface area contributed by atoms with Gasteiger partial charge in [0.2, 0.25) is 5.28 Å². The predicted molar refractivity (Wildman–Crippen MR) is 68.9 cm³/mol. The van der Waals surface area contributed by atoms with Gasteiger partial charge in [-0.1, -0.05) is 18.5 Å². The van der Waals surface area contributed by atoms with Crippen LogP contribution in [0.4, 0.5) is 5.82 Å². The molecular weight excluding hydrogens is 281 g/mol. The first-order valence-corrected chi connectivity index (χ1v) is 6.49. The number of hydrogen-bond acceptors (Lipinski definition) is 6. The number of aromatic nitrogens is 4. The molecule has 0 fully saturated rings. The van der Waals surface area contributed by atoms with Gasteiger partial charge in [0.1, 0.15) is 0 Å². The van der Waals surface area contributed by atoms with Gasteiger partial charge in [-0.15, -0.1) is 21.5 Å². The summed E-state index contributed by atoms with van der Waals surface area (Å²) in [6, 6.07) is 0. The second kappa shape index (κ2) is 5.57. The summed E-state index contributed by atoms with van der Waals surface area (Å²) in [4.78, 5) is 8.20. The molecule has 0 saturated carbocycles. The van der Waals surface area contributed by atoms with Crippen LogP contribution < -0.4 is 5.32 Å². The molecule has 90 valence electrons. The molecule has 2 aromatic rings. The van der Waals surface area contributed by atoms with E-state index in [1.807, 2.05) is 5.38 Å². The van der Waals surface area contributed by atoms with Crippen LogP contribution in [0.15, 0.2) is 11.6 Å². The van der Waals surface area contributed by atoms with Crippen LogP contribution in [-0.2, 0) is 0 Å². The van der Waals surface area contributed by atoms with E-state index in [0.29, 0.717) is 12.4 Å². The molecule has 1 atom stereocenters. The highest BCUT2D eigenvalue weighted by Gasteiger charge is 2.10. The zero-order chi connectivity index (χ0) is 12.3. The van der Waals surface area contributed by atoms with Crippen molar-refractivity contribution in [3.8, 4) is 0 Å². The summed E-state index contributed by atoms with van der Waals surface area (Å²) in [5.74, 6) is 0.704. The molecule has 0 bridgehead atoms. The molecule has 1 N–H and O–H groups in total. The highest BCUT2D eigenvalue weighted by molar-refractivity contribution is 7.09. The molecule has 2 rings (SSSR count). The number of rotatable bonds is 4. The average molecular weight is 290 g/mol. The third-order valence-electron chi connectivity index (χ3n) is 2.07. The third-order valence-corrected chi connectivity index (χ3v) is 3.49. The van der Waals surface area contributed by atoms with Gasteiger partial charge in [-0.3, -0.25) is 0 Å². The fourth-order valence-corrected chi connectivity index (χ4v) is 2.19. The van der Waals surface area contributed by atoms with Crippen molar-refractivity contribution in [2.24, 2.45) is 0 Å². The minimum absolute atomic E-state index is 0.0683. The minimum atomic E-state index is 0.0683. The summed E-state index contributed by atoms with van der Waals surface area (Å²) in [6.45, 7) is 2.72. The Bertz CT molecular complexity index is 490. The second-order valence-electron chi connectivity index (χ2n) is 3.37. The van der Waals surface area contributed by atoms with Crippen molar-refractivity contribution >= 4 is 40.4 Å². The van der Waals surface area contributed by atoms with Crippen LogP contribution in [0.1, 0.15) is 17.8 Å². The van der Waals surface area contributed by atoms with Crippen molar-refractivity contribution in [3.63, 3.8) is 0 Å². The molecule has 0 amide bonds. The van der Waals surface area contributed by atoms with Crippen LogP contribution in [-0.4, -0.2) is 26.7 Å². The SMILES string of the molecule is CC(CNc1nc(Cl)nnc1Cl)c1nccs1. The number of halogens is 2. The van der Waals surface area contributed by atoms with Crippen molar-refractivity contribution in [1.82, 2.24) is 20.2 Å². The average Bonchev–Trinajstić information content (AvgIpc) is 2.83. The summed E-state index contributed by atoms with van der Waals surface area (Å²) in [5.41, 5.74) is 0. The molecule has 0 spiro atoms. The lowest BCUT2D eigenvalue weighted by Gasteiger charge is -2.10. The Labute approximate surface area is 112 Å². The van der Waals surface area contributed by atoms with Gasteiger partial charge in [-0.05, 0) is 11.6 Å². The van der Waals surface area contributed by atoms with E-state index < -0.39 is 0 Å².